The highest BCUT2D eigenvalue weighted by atomic mass is 32.1. The minimum absolute atomic E-state index is 0.0187. The number of aromatic nitrogens is 3. The number of carbonyl (C=O) groups excluding carboxylic acids is 2. The molecule has 0 aliphatic carbocycles. The topological polar surface area (TPSA) is 118 Å². The minimum atomic E-state index is -2.26. The summed E-state index contributed by atoms with van der Waals surface area (Å²) < 4.78 is 23.0. The average molecular weight is 628 g/mol. The second kappa shape index (κ2) is 15.1. The van der Waals surface area contributed by atoms with Crippen LogP contribution in [0.1, 0.15) is 124 Å². The zero-order valence-corrected chi connectivity index (χ0v) is 28.6. The number of hydrogen-bond acceptors (Lipinski definition) is 10. The average Bonchev–Trinajstić information content (AvgIpc) is 3.64. The second-order valence-corrected chi connectivity index (χ2v) is 17.9. The molecule has 0 bridgehead atoms. The predicted molar refractivity (Wildman–Crippen MR) is 171 cm³/mol. The number of Topliss-reactive ketones (excluding diaryl/α,β-unsaturated/α-hetero) is 1. The van der Waals surface area contributed by atoms with Crippen molar-refractivity contribution in [2.75, 3.05) is 13.7 Å². The highest BCUT2D eigenvalue weighted by molar-refractivity contribution is 7.80. The van der Waals surface area contributed by atoms with Crippen molar-refractivity contribution in [2.45, 2.75) is 103 Å². The molecule has 0 N–H and O–H groups in total. The molecule has 0 fully saturated rings. The fourth-order valence-corrected chi connectivity index (χ4v) is 11.8. The van der Waals surface area contributed by atoms with Crippen molar-refractivity contribution in [1.29, 1.82) is 0 Å². The molecule has 3 aromatic heterocycles. The van der Waals surface area contributed by atoms with E-state index >= 15 is 0 Å². The summed E-state index contributed by atoms with van der Waals surface area (Å²) >= 11 is 5.75. The van der Waals surface area contributed by atoms with Crippen LogP contribution in [0.5, 0.6) is 0 Å². The number of pyridine rings is 1. The van der Waals surface area contributed by atoms with Gasteiger partial charge in [0, 0.05) is 23.8 Å². The summed E-state index contributed by atoms with van der Waals surface area (Å²) in [5.41, 5.74) is 2.80. The molecule has 234 valence electrons. The first-order valence-corrected chi connectivity index (χ1v) is 17.5. The molecule has 0 spiro atoms. The minimum Gasteiger partial charge on any atom is -0.464 e. The molecule has 11 heteroatoms. The summed E-state index contributed by atoms with van der Waals surface area (Å²) in [7, 11) is -0.979. The largest absolute Gasteiger partial charge is 0.464 e. The molecule has 0 aliphatic heterocycles. The zero-order chi connectivity index (χ0) is 31.9. The van der Waals surface area contributed by atoms with E-state index in [1.165, 1.54) is 13.4 Å². The van der Waals surface area contributed by atoms with Crippen molar-refractivity contribution in [3.05, 3.63) is 65.3 Å². The van der Waals surface area contributed by atoms with Crippen LogP contribution in [0.3, 0.4) is 0 Å². The van der Waals surface area contributed by atoms with Crippen LogP contribution in [0.15, 0.2) is 39.6 Å². The SMILES string of the molecule is CCC(CC(=S)c1cccc(C(=O)CC(CO[Si](C(C)C)(C(C)C)C(C)C)c2nc(C(=O)OC)co2)n1)c1nc(C)co1. The van der Waals surface area contributed by atoms with Gasteiger partial charge in [0.15, 0.2) is 25.7 Å². The number of ketones is 1. The number of aryl methyl sites for hydroxylation is 1. The van der Waals surface area contributed by atoms with Crippen LogP contribution in [0.2, 0.25) is 16.6 Å². The van der Waals surface area contributed by atoms with Gasteiger partial charge in [-0.25, -0.2) is 19.7 Å². The van der Waals surface area contributed by atoms with E-state index in [-0.39, 0.29) is 36.3 Å². The molecular formula is C32H45N3O6SSi. The van der Waals surface area contributed by atoms with Crippen molar-refractivity contribution >= 4 is 37.2 Å². The van der Waals surface area contributed by atoms with Crippen LogP contribution in [0.4, 0.5) is 0 Å². The number of esters is 1. The molecule has 43 heavy (non-hydrogen) atoms. The highest BCUT2D eigenvalue weighted by Gasteiger charge is 2.45. The molecule has 0 saturated carbocycles. The van der Waals surface area contributed by atoms with Gasteiger partial charge in [-0.15, -0.1) is 0 Å². The van der Waals surface area contributed by atoms with E-state index in [1.807, 2.05) is 13.0 Å². The number of hydrogen-bond donors (Lipinski definition) is 0. The predicted octanol–water partition coefficient (Wildman–Crippen LogP) is 8.00. The van der Waals surface area contributed by atoms with Crippen LogP contribution < -0.4 is 0 Å². The zero-order valence-electron chi connectivity index (χ0n) is 26.8. The highest BCUT2D eigenvalue weighted by Crippen LogP contribution is 2.43. The van der Waals surface area contributed by atoms with Gasteiger partial charge in [-0.05, 0) is 48.5 Å². The molecule has 0 saturated heterocycles. The van der Waals surface area contributed by atoms with Gasteiger partial charge in [-0.3, -0.25) is 4.79 Å². The smallest absolute Gasteiger partial charge is 0.360 e. The molecule has 9 nitrogen and oxygen atoms in total. The van der Waals surface area contributed by atoms with Crippen LogP contribution >= 0.6 is 12.2 Å². The normalized spacial score (nSPS) is 13.5. The number of carbonyl (C=O) groups is 2. The first-order chi connectivity index (χ1) is 20.3. The lowest BCUT2D eigenvalue weighted by Crippen LogP contribution is -2.48. The number of methoxy groups -OCH3 is 1. The molecule has 2 atom stereocenters. The summed E-state index contributed by atoms with van der Waals surface area (Å²) in [6.07, 6.45) is 4.27. The molecule has 0 aliphatic rings. The molecule has 2 unspecified atom stereocenters. The number of rotatable bonds is 16. The Morgan fingerprint density at radius 1 is 0.860 bits per heavy atom. The Morgan fingerprint density at radius 3 is 2.02 bits per heavy atom. The Labute approximate surface area is 261 Å². The van der Waals surface area contributed by atoms with Gasteiger partial charge in [0.2, 0.25) is 5.89 Å². The van der Waals surface area contributed by atoms with E-state index in [2.05, 4.69) is 63.4 Å². The van der Waals surface area contributed by atoms with Crippen molar-refractivity contribution in [1.82, 2.24) is 15.0 Å². The molecule has 0 radical (unpaired) electrons. The summed E-state index contributed by atoms with van der Waals surface area (Å²) in [4.78, 5) is 39.9. The fourth-order valence-electron chi connectivity index (χ4n) is 6.00. The van der Waals surface area contributed by atoms with Crippen LogP contribution in [0.25, 0.3) is 0 Å². The third-order valence-electron chi connectivity index (χ3n) is 8.17. The van der Waals surface area contributed by atoms with Crippen LogP contribution in [0, 0.1) is 6.92 Å². The number of ether oxygens (including phenoxy) is 1. The third-order valence-corrected chi connectivity index (χ3v) is 14.6. The fraction of sp³-hybridized carbons (Fsp3) is 0.562. The van der Waals surface area contributed by atoms with Gasteiger partial charge in [0.05, 0.1) is 24.4 Å². The third kappa shape index (κ3) is 8.13. The summed E-state index contributed by atoms with van der Waals surface area (Å²) in [6.45, 7) is 17.4. The van der Waals surface area contributed by atoms with E-state index in [4.69, 9.17) is 30.2 Å². The standard InChI is InChI=1S/C32H45N3O6SSi/c1-10-23(30-33-22(8)16-39-30)15-29(42)26-13-11-12-25(34-26)28(36)14-24(31-35-27(18-40-31)32(37)38-9)17-41-43(19(2)3,20(4)5)21(6)7/h11-13,16,18-21,23-24H,10,14-15,17H2,1-9H3. The van der Waals surface area contributed by atoms with Gasteiger partial charge in [0.25, 0.3) is 0 Å². The van der Waals surface area contributed by atoms with Crippen LogP contribution in [-0.4, -0.2) is 53.6 Å². The van der Waals surface area contributed by atoms with E-state index in [0.29, 0.717) is 45.2 Å². The second-order valence-electron chi connectivity index (χ2n) is 12.0. The van der Waals surface area contributed by atoms with E-state index in [1.54, 1.807) is 18.4 Å². The molecule has 3 heterocycles. The Kier molecular flexibility index (Phi) is 12.1. The Bertz CT molecular complexity index is 1380. The molecule has 0 amide bonds. The van der Waals surface area contributed by atoms with Gasteiger partial charge >= 0.3 is 5.97 Å². The van der Waals surface area contributed by atoms with Crippen molar-refractivity contribution in [2.24, 2.45) is 0 Å². The summed E-state index contributed by atoms with van der Waals surface area (Å²) in [5.74, 6) is -0.402. The monoisotopic (exact) mass is 627 g/mol. The van der Waals surface area contributed by atoms with Gasteiger partial charge in [0.1, 0.15) is 18.2 Å². The van der Waals surface area contributed by atoms with Gasteiger partial charge in [-0.2, -0.15) is 0 Å². The number of nitrogens with zero attached hydrogens (tertiary/aromatic N) is 3. The lowest BCUT2D eigenvalue weighted by molar-refractivity contribution is 0.0593. The molecular weight excluding hydrogens is 583 g/mol. The maximum absolute atomic E-state index is 13.7. The first kappa shape index (κ1) is 34.5. The van der Waals surface area contributed by atoms with Crippen molar-refractivity contribution in [3.8, 4) is 0 Å². The maximum atomic E-state index is 13.7. The van der Waals surface area contributed by atoms with Crippen molar-refractivity contribution in [3.63, 3.8) is 0 Å². The maximum Gasteiger partial charge on any atom is 0.360 e. The van der Waals surface area contributed by atoms with Gasteiger partial charge in [-0.1, -0.05) is 66.8 Å². The Morgan fingerprint density at radius 2 is 1.47 bits per heavy atom. The number of thiocarbonyl (C=S) groups is 1. The lowest BCUT2D eigenvalue weighted by Gasteiger charge is -2.42. The molecule has 3 aromatic rings. The van der Waals surface area contributed by atoms with Crippen molar-refractivity contribution < 1.29 is 27.6 Å². The number of oxazole rings is 2. The van der Waals surface area contributed by atoms with E-state index < -0.39 is 20.2 Å². The molecule has 0 aromatic carbocycles. The summed E-state index contributed by atoms with van der Waals surface area (Å²) in [5, 5.41) is 0. The van der Waals surface area contributed by atoms with Gasteiger partial charge < -0.3 is 18.0 Å². The lowest BCUT2D eigenvalue weighted by atomic mass is 9.98. The van der Waals surface area contributed by atoms with Crippen LogP contribution in [-0.2, 0) is 9.16 Å². The first-order valence-electron chi connectivity index (χ1n) is 15.0. The quantitative estimate of drug-likeness (QED) is 0.0669. The Balaban J connectivity index is 1.86. The van der Waals surface area contributed by atoms with E-state index in [9.17, 15) is 9.59 Å². The molecule has 3 rings (SSSR count). The summed E-state index contributed by atoms with van der Waals surface area (Å²) in [6, 6.07) is 5.29. The van der Waals surface area contributed by atoms with E-state index in [0.717, 1.165) is 12.1 Å². The Hall–Kier alpha value is -3.02.